The van der Waals surface area contributed by atoms with Crippen molar-refractivity contribution in [3.63, 3.8) is 0 Å². The summed E-state index contributed by atoms with van der Waals surface area (Å²) in [4.78, 5) is 19.4. The van der Waals surface area contributed by atoms with E-state index in [2.05, 4.69) is 21.1 Å². The maximum absolute atomic E-state index is 9.71. The number of nitrogens with zero attached hydrogens (tertiary/aromatic N) is 4. The molecule has 0 fully saturated rings. The predicted molar refractivity (Wildman–Crippen MR) is 166 cm³/mol. The summed E-state index contributed by atoms with van der Waals surface area (Å²) >= 11 is 23.4. The average Bonchev–Trinajstić information content (AvgIpc) is 2.95. The van der Waals surface area contributed by atoms with Crippen molar-refractivity contribution in [3.8, 4) is 11.5 Å². The van der Waals surface area contributed by atoms with Crippen molar-refractivity contribution in [2.24, 2.45) is 10.2 Å². The summed E-state index contributed by atoms with van der Waals surface area (Å²) in [5.74, 6) is -0.202. The minimum atomic E-state index is -0.207. The Labute approximate surface area is 266 Å². The van der Waals surface area contributed by atoms with Crippen molar-refractivity contribution in [2.75, 3.05) is 0 Å². The van der Waals surface area contributed by atoms with Gasteiger partial charge in [0.25, 0.3) is 23.3 Å². The van der Waals surface area contributed by atoms with Crippen molar-refractivity contribution in [2.45, 2.75) is 0 Å². The van der Waals surface area contributed by atoms with Crippen LogP contribution in [0, 0.1) is 0 Å². The van der Waals surface area contributed by atoms with Crippen LogP contribution < -0.4 is 0 Å². The molecule has 2 amide bonds. The van der Waals surface area contributed by atoms with Gasteiger partial charge in [-0.1, -0.05) is 82.8 Å². The van der Waals surface area contributed by atoms with Gasteiger partial charge in [-0.05, 0) is 48.5 Å². The van der Waals surface area contributed by atoms with E-state index in [1.807, 2.05) is 12.1 Å². The quantitative estimate of drug-likeness (QED) is 0.0871. The summed E-state index contributed by atoms with van der Waals surface area (Å²) in [5, 5.41) is 24.2. The molecule has 4 aromatic carbocycles. The minimum Gasteiger partial charge on any atom is -0.592 e. The van der Waals surface area contributed by atoms with Gasteiger partial charge in [-0.2, -0.15) is 0 Å². The number of hydrogen-bond donors (Lipinski definition) is 0. The maximum atomic E-state index is 9.71. The van der Waals surface area contributed by atoms with Crippen molar-refractivity contribution >= 4 is 70.6 Å². The summed E-state index contributed by atoms with van der Waals surface area (Å²) in [6.45, 7) is 0. The summed E-state index contributed by atoms with van der Waals surface area (Å²) in [5.41, 5.74) is 9.28. The fraction of sp³-hybridized carbons (Fsp3) is 0. The SMILES string of the molecule is [Fe+2].[OH+]=C([N-]N=Cc1cc(Cl)cc(Cl)c1[OH2+])c1ccccc1.[OH+]=C([N-]N=Cc1cc(Cl)cc(Cl)c1[OH2+])c1ccccc1. The molecule has 0 aliphatic heterocycles. The summed E-state index contributed by atoms with van der Waals surface area (Å²) in [7, 11) is 0. The molecule has 6 N–H and O–H groups in total. The van der Waals surface area contributed by atoms with E-state index in [0.717, 1.165) is 0 Å². The van der Waals surface area contributed by atoms with E-state index in [1.165, 1.54) is 24.6 Å². The second kappa shape index (κ2) is 16.6. The standard InChI is InChI=1S/2C14H10Cl2N2O2.Fe/c2*15-11-6-10(13(19)12(16)7-11)8-17-18-14(20)9-4-2-1-3-5-9;/h2*1-8H,(H2,17,18,19,20);/q;;+2/p+2. The Morgan fingerprint density at radius 3 is 1.29 bits per heavy atom. The molecule has 0 unspecified atom stereocenters. The molecule has 0 aromatic heterocycles. The van der Waals surface area contributed by atoms with Gasteiger partial charge < -0.3 is 31.3 Å². The summed E-state index contributed by atoms with van der Waals surface area (Å²) in [6, 6.07) is 23.7. The fourth-order valence-corrected chi connectivity index (χ4v) is 3.99. The van der Waals surface area contributed by atoms with Crippen LogP contribution in [0.5, 0.6) is 11.5 Å². The molecule has 41 heavy (non-hydrogen) atoms. The van der Waals surface area contributed by atoms with Gasteiger partial charge in [-0.15, -0.1) is 0 Å². The van der Waals surface area contributed by atoms with Gasteiger partial charge >= 0.3 is 17.1 Å². The number of benzene rings is 4. The average molecular weight is 676 g/mol. The Kier molecular flexibility index (Phi) is 13.7. The zero-order valence-electron chi connectivity index (χ0n) is 20.8. The third-order valence-electron chi connectivity index (χ3n) is 4.93. The van der Waals surface area contributed by atoms with Crippen LogP contribution in [0.2, 0.25) is 20.1 Å². The molecule has 0 saturated heterocycles. The number of amides is 2. The van der Waals surface area contributed by atoms with Crippen molar-refractivity contribution in [1.29, 1.82) is 0 Å². The van der Waals surface area contributed by atoms with Gasteiger partial charge in [0.15, 0.2) is 0 Å². The zero-order valence-corrected chi connectivity index (χ0v) is 24.9. The van der Waals surface area contributed by atoms with Crippen LogP contribution in [-0.4, -0.2) is 44.0 Å². The Balaban J connectivity index is 0.000000280. The smallest absolute Gasteiger partial charge is 0.592 e. The Morgan fingerprint density at radius 1 is 0.610 bits per heavy atom. The minimum absolute atomic E-state index is 0. The molecule has 0 bridgehead atoms. The van der Waals surface area contributed by atoms with Crippen molar-refractivity contribution in [3.05, 3.63) is 138 Å². The molecule has 0 heterocycles. The number of rotatable bonds is 6. The second-order valence-electron chi connectivity index (χ2n) is 7.77. The first kappa shape index (κ1) is 33.6. The van der Waals surface area contributed by atoms with Crippen LogP contribution in [0.3, 0.4) is 0 Å². The molecule has 0 spiro atoms. The number of halogens is 4. The first-order chi connectivity index (χ1) is 19.2. The topological polar surface area (TPSA) is 142 Å². The molecule has 0 aliphatic rings. The maximum Gasteiger partial charge on any atom is 2.00 e. The third kappa shape index (κ3) is 10.4. The van der Waals surface area contributed by atoms with E-state index in [1.54, 1.807) is 60.7 Å². The van der Waals surface area contributed by atoms with E-state index in [-0.39, 0.29) is 50.4 Å². The van der Waals surface area contributed by atoms with Gasteiger partial charge in [-0.3, -0.25) is 9.59 Å². The summed E-state index contributed by atoms with van der Waals surface area (Å²) in [6.07, 6.45) is 2.64. The Morgan fingerprint density at radius 2 is 0.951 bits per heavy atom. The molecular formula is C28H22Cl4FeN4O4+4. The van der Waals surface area contributed by atoms with E-state index >= 15 is 0 Å². The van der Waals surface area contributed by atoms with Gasteiger partial charge in [0, 0.05) is 22.5 Å². The van der Waals surface area contributed by atoms with Gasteiger partial charge in [0.2, 0.25) is 0 Å². The fourth-order valence-electron chi connectivity index (χ4n) is 2.97. The molecule has 4 rings (SSSR count). The van der Waals surface area contributed by atoms with Crippen molar-refractivity contribution in [1.82, 2.24) is 0 Å². The molecule has 8 nitrogen and oxygen atoms in total. The van der Waals surface area contributed by atoms with Crippen LogP contribution in [0.25, 0.3) is 10.9 Å². The molecular weight excluding hydrogens is 654 g/mol. The third-order valence-corrected chi connectivity index (χ3v) is 5.97. The van der Waals surface area contributed by atoms with E-state index in [0.29, 0.717) is 32.3 Å². The molecule has 0 saturated carbocycles. The van der Waals surface area contributed by atoms with Crippen LogP contribution in [0.4, 0.5) is 0 Å². The molecule has 0 aliphatic carbocycles. The van der Waals surface area contributed by atoms with Crippen molar-refractivity contribution < 1.29 is 36.9 Å². The first-order valence-corrected chi connectivity index (χ1v) is 12.8. The number of hydrogen-bond acceptors (Lipinski definition) is 2. The van der Waals surface area contributed by atoms with Crippen LogP contribution >= 0.6 is 46.4 Å². The zero-order chi connectivity index (χ0) is 29.1. The summed E-state index contributed by atoms with van der Waals surface area (Å²) < 4.78 is 0. The molecule has 210 valence electrons. The van der Waals surface area contributed by atoms with Crippen LogP contribution in [0.15, 0.2) is 95.1 Å². The molecule has 0 radical (unpaired) electrons. The number of carbonyl (C=O) groups excluding carboxylic acids is 2. The normalized spacial score (nSPS) is 10.4. The monoisotopic (exact) mass is 674 g/mol. The van der Waals surface area contributed by atoms with E-state index in [4.69, 9.17) is 56.6 Å². The molecule has 4 aromatic rings. The Bertz CT molecular complexity index is 1440. The largest absolute Gasteiger partial charge is 2.00 e. The predicted octanol–water partition coefficient (Wildman–Crippen LogP) is 7.38. The van der Waals surface area contributed by atoms with E-state index in [9.17, 15) is 9.59 Å². The molecule has 0 atom stereocenters. The van der Waals surface area contributed by atoms with Gasteiger partial charge in [0.05, 0.1) is 22.3 Å². The van der Waals surface area contributed by atoms with Gasteiger partial charge in [-0.25, -0.2) is 0 Å². The Hall–Kier alpha value is -3.56. The van der Waals surface area contributed by atoms with Crippen LogP contribution in [-0.2, 0) is 17.1 Å². The first-order valence-electron chi connectivity index (χ1n) is 11.3. The van der Waals surface area contributed by atoms with Gasteiger partial charge in [0.1, 0.15) is 10.0 Å². The van der Waals surface area contributed by atoms with E-state index < -0.39 is 0 Å². The van der Waals surface area contributed by atoms with Crippen LogP contribution in [0.1, 0.15) is 22.3 Å². The molecule has 13 heteroatoms. The second-order valence-corrected chi connectivity index (χ2v) is 9.46.